The van der Waals surface area contributed by atoms with Gasteiger partial charge in [-0.3, -0.25) is 0 Å². The summed E-state index contributed by atoms with van der Waals surface area (Å²) in [6, 6.07) is 109. The molecule has 0 unspecified atom stereocenters. The van der Waals surface area contributed by atoms with Gasteiger partial charge in [0.25, 0.3) is 0 Å². The molecule has 0 atom stereocenters. The van der Waals surface area contributed by atoms with Crippen molar-refractivity contribution in [1.29, 1.82) is 0 Å². The van der Waals surface area contributed by atoms with Crippen LogP contribution in [0.3, 0.4) is 0 Å². The van der Waals surface area contributed by atoms with Gasteiger partial charge in [0.1, 0.15) is 0 Å². The first kappa shape index (κ1) is 55.4. The van der Waals surface area contributed by atoms with Crippen molar-refractivity contribution in [2.75, 3.05) is 0 Å². The Morgan fingerprint density at radius 3 is 0.944 bits per heavy atom. The second kappa shape index (κ2) is 23.1. The number of fused-ring (bicyclic) bond motifs is 14. The van der Waals surface area contributed by atoms with Crippen molar-refractivity contribution in [3.05, 3.63) is 314 Å². The van der Waals surface area contributed by atoms with Crippen LogP contribution in [0.1, 0.15) is 11.1 Å². The molecule has 432 valence electrons. The van der Waals surface area contributed by atoms with Gasteiger partial charge >= 0.3 is 0 Å². The van der Waals surface area contributed by atoms with E-state index in [4.69, 9.17) is 0 Å². The molecule has 14 aromatic carbocycles. The Labute approximate surface area is 525 Å². The SMILES string of the molecule is Cc1ccc2c(c1)c1cc(-c3ccccc3)ccc1n2C.Cc1ccc2c3ccccc3n(C)c2c1.Cn1c2ccc(-c3ccc4ccccc4c3)cc2c2cc(-c3ccc4ccccc4c3)ccc21.Cn1c2ccccc2c2ccc(-c3ccccc3)cc21. The summed E-state index contributed by atoms with van der Waals surface area (Å²) in [7, 11) is 8.57. The molecule has 0 amide bonds. The van der Waals surface area contributed by atoms with Gasteiger partial charge in [-0.1, -0.05) is 224 Å². The molecule has 4 heteroatoms. The zero-order valence-corrected chi connectivity index (χ0v) is 51.7. The second-order valence-corrected chi connectivity index (χ2v) is 24.1. The van der Waals surface area contributed by atoms with Crippen molar-refractivity contribution >= 4 is 109 Å². The van der Waals surface area contributed by atoms with Crippen LogP contribution in [-0.2, 0) is 28.2 Å². The van der Waals surface area contributed by atoms with Crippen LogP contribution in [0.5, 0.6) is 0 Å². The predicted molar refractivity (Wildman–Crippen MR) is 388 cm³/mol. The summed E-state index contributed by atoms with van der Waals surface area (Å²) in [6.45, 7) is 4.29. The number of nitrogens with zero attached hydrogens (tertiary/aromatic N) is 4. The van der Waals surface area contributed by atoms with Crippen molar-refractivity contribution in [3.8, 4) is 44.5 Å². The van der Waals surface area contributed by atoms with E-state index in [1.165, 1.54) is 164 Å². The van der Waals surface area contributed by atoms with Crippen molar-refractivity contribution in [3.63, 3.8) is 0 Å². The van der Waals surface area contributed by atoms with Crippen LogP contribution in [0.2, 0.25) is 0 Å². The van der Waals surface area contributed by atoms with E-state index in [-0.39, 0.29) is 0 Å². The minimum atomic E-state index is 1.25. The molecule has 0 saturated carbocycles. The first-order valence-corrected chi connectivity index (χ1v) is 31.1. The van der Waals surface area contributed by atoms with Crippen LogP contribution in [0.25, 0.3) is 153 Å². The van der Waals surface area contributed by atoms with Gasteiger partial charge in [0.05, 0.1) is 0 Å². The molecule has 4 heterocycles. The Bertz CT molecular complexity index is 5600. The Hall–Kier alpha value is -11.2. The first-order chi connectivity index (χ1) is 44.1. The van der Waals surface area contributed by atoms with Gasteiger partial charge < -0.3 is 18.3 Å². The largest absolute Gasteiger partial charge is 0.344 e. The maximum atomic E-state index is 2.35. The topological polar surface area (TPSA) is 19.7 Å². The summed E-state index contributed by atoms with van der Waals surface area (Å²) in [5.74, 6) is 0. The Kier molecular flexibility index (Phi) is 14.2. The zero-order valence-electron chi connectivity index (χ0n) is 51.7. The molecule has 0 aliphatic carbocycles. The molecule has 0 aliphatic rings. The van der Waals surface area contributed by atoms with E-state index in [1.807, 2.05) is 0 Å². The average molecular weight is 1160 g/mol. The maximum Gasteiger partial charge on any atom is 0.0494 e. The lowest BCUT2D eigenvalue weighted by Crippen LogP contribution is -1.86. The number of benzene rings is 14. The molecule has 4 nitrogen and oxygen atoms in total. The van der Waals surface area contributed by atoms with Crippen molar-refractivity contribution in [1.82, 2.24) is 18.3 Å². The molecule has 0 saturated heterocycles. The minimum absolute atomic E-state index is 1.25. The van der Waals surface area contributed by atoms with Gasteiger partial charge in [-0.2, -0.15) is 0 Å². The van der Waals surface area contributed by atoms with Gasteiger partial charge in [-0.15, -0.1) is 0 Å². The number of aromatic nitrogens is 4. The van der Waals surface area contributed by atoms with E-state index in [1.54, 1.807) is 0 Å². The van der Waals surface area contributed by atoms with Crippen LogP contribution in [0.4, 0.5) is 0 Å². The highest BCUT2D eigenvalue weighted by molar-refractivity contribution is 6.13. The molecular weight excluding hydrogens is 1090 g/mol. The van der Waals surface area contributed by atoms with Gasteiger partial charge in [0, 0.05) is 115 Å². The second-order valence-electron chi connectivity index (χ2n) is 24.1. The molecule has 0 radical (unpaired) electrons. The van der Waals surface area contributed by atoms with E-state index < -0.39 is 0 Å². The van der Waals surface area contributed by atoms with Crippen molar-refractivity contribution < 1.29 is 0 Å². The van der Waals surface area contributed by atoms with Gasteiger partial charge in [-0.25, -0.2) is 0 Å². The van der Waals surface area contributed by atoms with Crippen LogP contribution >= 0.6 is 0 Å². The van der Waals surface area contributed by atoms with Gasteiger partial charge in [0.2, 0.25) is 0 Å². The molecule has 90 heavy (non-hydrogen) atoms. The summed E-state index contributed by atoms with van der Waals surface area (Å²) >= 11 is 0. The normalized spacial score (nSPS) is 11.4. The molecule has 0 bridgehead atoms. The van der Waals surface area contributed by atoms with Crippen molar-refractivity contribution in [2.24, 2.45) is 28.2 Å². The van der Waals surface area contributed by atoms with Gasteiger partial charge in [0.15, 0.2) is 0 Å². The van der Waals surface area contributed by atoms with Crippen molar-refractivity contribution in [2.45, 2.75) is 13.8 Å². The maximum absolute atomic E-state index is 2.35. The van der Waals surface area contributed by atoms with E-state index in [0.717, 1.165) is 0 Å². The number of hydrogen-bond acceptors (Lipinski definition) is 0. The number of hydrogen-bond donors (Lipinski definition) is 0. The Morgan fingerprint density at radius 2 is 0.456 bits per heavy atom. The number of aryl methyl sites for hydroxylation is 6. The summed E-state index contributed by atoms with van der Waals surface area (Å²) < 4.78 is 9.12. The molecule has 18 aromatic rings. The Morgan fingerprint density at radius 1 is 0.167 bits per heavy atom. The summed E-state index contributed by atoms with van der Waals surface area (Å²) in [5, 5.41) is 15.7. The zero-order chi connectivity index (χ0) is 61.0. The molecule has 0 fully saturated rings. The quantitative estimate of drug-likeness (QED) is 0.167. The lowest BCUT2D eigenvalue weighted by atomic mass is 9.98. The van der Waals surface area contributed by atoms with Crippen LogP contribution in [-0.4, -0.2) is 18.3 Å². The monoisotopic (exact) mass is 1160 g/mol. The molecular formula is C86H68N4. The third-order valence-electron chi connectivity index (χ3n) is 18.5. The first-order valence-electron chi connectivity index (χ1n) is 31.1. The summed E-state index contributed by atoms with van der Waals surface area (Å²) in [6.07, 6.45) is 0. The van der Waals surface area contributed by atoms with E-state index in [9.17, 15) is 0 Å². The highest BCUT2D eigenvalue weighted by Crippen LogP contribution is 2.38. The molecule has 0 aliphatic heterocycles. The smallest absolute Gasteiger partial charge is 0.0494 e. The van der Waals surface area contributed by atoms with E-state index in [0.29, 0.717) is 0 Å². The fourth-order valence-corrected chi connectivity index (χ4v) is 13.7. The fraction of sp³-hybridized carbons (Fsp3) is 0.0698. The highest BCUT2D eigenvalue weighted by Gasteiger charge is 2.15. The third kappa shape index (κ3) is 10.1. The summed E-state index contributed by atoms with van der Waals surface area (Å²) in [4.78, 5) is 0. The fourth-order valence-electron chi connectivity index (χ4n) is 13.7. The molecule has 0 N–H and O–H groups in total. The lowest BCUT2D eigenvalue weighted by Gasteiger charge is -2.06. The molecule has 18 rings (SSSR count). The standard InChI is InChI=1S/C33H23N.C20H17N.C19H15N.C14H13N/c1-34-32-16-14-28(26-12-10-22-6-2-4-8-24(22)18-26)20-30(32)31-21-29(15-17-33(31)34)27-13-11-23-7-3-5-9-25(23)19-27;1-14-8-10-19-17(12-14)18-13-16(9-11-20(18)21(19)2)15-6-4-3-5-7-15;1-20-18-10-6-5-9-16(18)17-12-11-15(13-19(17)20)14-7-3-2-4-8-14;1-10-7-8-12-11-5-3-4-6-13(11)15(2)14(12)9-10/h2-21H,1H3;3-13H,1-2H3;2-13H,1H3;3-9H,1-2H3. The van der Waals surface area contributed by atoms with Gasteiger partial charge in [-0.05, 0) is 170 Å². The third-order valence-corrected chi connectivity index (χ3v) is 18.5. The van der Waals surface area contributed by atoms with E-state index in [2.05, 4.69) is 364 Å². The lowest BCUT2D eigenvalue weighted by molar-refractivity contribution is 1.01. The van der Waals surface area contributed by atoms with Crippen LogP contribution < -0.4 is 0 Å². The Balaban J connectivity index is 0.000000105. The highest BCUT2D eigenvalue weighted by atomic mass is 15.0. The predicted octanol–water partition coefficient (Wildman–Crippen LogP) is 22.9. The van der Waals surface area contributed by atoms with Crippen LogP contribution in [0, 0.1) is 13.8 Å². The minimum Gasteiger partial charge on any atom is -0.344 e. The molecule has 0 spiro atoms. The number of rotatable bonds is 4. The van der Waals surface area contributed by atoms with E-state index >= 15 is 0 Å². The van der Waals surface area contributed by atoms with Crippen LogP contribution in [0.15, 0.2) is 303 Å². The number of para-hydroxylation sites is 2. The summed E-state index contributed by atoms with van der Waals surface area (Å²) in [5.41, 5.74) is 23.0. The average Bonchev–Trinajstić information content (AvgIpc) is 1.78. The molecule has 4 aromatic heterocycles.